The third-order valence-electron chi connectivity index (χ3n) is 2.88. The van der Waals surface area contributed by atoms with Crippen molar-refractivity contribution in [2.45, 2.75) is 19.8 Å². The second-order valence-electron chi connectivity index (χ2n) is 4.55. The summed E-state index contributed by atoms with van der Waals surface area (Å²) in [6.45, 7) is 4.30. The SMILES string of the molecule is CC(C)c1[c-]cc(-c2ccc(=O)n(C)c2)cc1.[Y]. The third kappa shape index (κ3) is 3.40. The molecule has 1 aromatic heterocycles. The molecule has 0 N–H and O–H groups in total. The first-order valence-corrected chi connectivity index (χ1v) is 5.76. The smallest absolute Gasteiger partial charge is 0.250 e. The zero-order chi connectivity index (χ0) is 12.4. The fraction of sp³-hybridized carbons (Fsp3) is 0.267. The summed E-state index contributed by atoms with van der Waals surface area (Å²) in [4.78, 5) is 11.3. The summed E-state index contributed by atoms with van der Waals surface area (Å²) in [5.41, 5.74) is 3.35. The Bertz CT molecular complexity index is 570. The van der Waals surface area contributed by atoms with Gasteiger partial charge in [-0.25, -0.2) is 0 Å². The molecule has 2 rings (SSSR count). The maximum absolute atomic E-state index is 11.3. The van der Waals surface area contributed by atoms with Crippen molar-refractivity contribution in [2.75, 3.05) is 0 Å². The fourth-order valence-electron chi connectivity index (χ4n) is 1.74. The van der Waals surface area contributed by atoms with Gasteiger partial charge in [-0.15, -0.1) is 5.56 Å². The van der Waals surface area contributed by atoms with Gasteiger partial charge in [0.05, 0.1) is 0 Å². The monoisotopic (exact) mass is 315 g/mol. The molecule has 0 aliphatic heterocycles. The molecule has 0 amide bonds. The van der Waals surface area contributed by atoms with E-state index in [1.165, 1.54) is 5.56 Å². The van der Waals surface area contributed by atoms with Crippen molar-refractivity contribution in [3.63, 3.8) is 0 Å². The molecule has 0 aliphatic carbocycles. The van der Waals surface area contributed by atoms with Crippen LogP contribution < -0.4 is 5.56 Å². The van der Waals surface area contributed by atoms with E-state index in [0.717, 1.165) is 11.1 Å². The Morgan fingerprint density at radius 2 is 1.78 bits per heavy atom. The Morgan fingerprint density at radius 3 is 2.28 bits per heavy atom. The molecule has 0 saturated carbocycles. The molecule has 91 valence electrons. The van der Waals surface area contributed by atoms with Gasteiger partial charge >= 0.3 is 0 Å². The summed E-state index contributed by atoms with van der Waals surface area (Å²) in [5.74, 6) is 0.490. The van der Waals surface area contributed by atoms with Gasteiger partial charge in [0.25, 0.3) is 0 Å². The normalized spacial score (nSPS) is 10.2. The second-order valence-corrected chi connectivity index (χ2v) is 4.55. The Labute approximate surface area is 133 Å². The standard InChI is InChI=1S/C15H16NO.Y/c1-11(2)12-4-6-13(7-5-12)14-8-9-15(17)16(3)10-14;/h4,6-11H,1-3H3;/q-1;. The van der Waals surface area contributed by atoms with E-state index >= 15 is 0 Å². The maximum Gasteiger partial charge on any atom is 0.250 e. The number of nitrogens with zero attached hydrogens (tertiary/aromatic N) is 1. The minimum absolute atomic E-state index is 0. The number of pyridine rings is 1. The first-order chi connectivity index (χ1) is 8.08. The number of aromatic nitrogens is 1. The zero-order valence-corrected chi connectivity index (χ0v) is 13.8. The van der Waals surface area contributed by atoms with Gasteiger partial charge < -0.3 is 4.57 Å². The molecule has 0 aliphatic rings. The number of benzene rings is 1. The zero-order valence-electron chi connectivity index (χ0n) is 11.0. The fourth-order valence-corrected chi connectivity index (χ4v) is 1.74. The van der Waals surface area contributed by atoms with Gasteiger partial charge in [-0.3, -0.25) is 4.79 Å². The van der Waals surface area contributed by atoms with E-state index in [9.17, 15) is 4.79 Å². The van der Waals surface area contributed by atoms with Gasteiger partial charge in [0.15, 0.2) is 0 Å². The molecule has 2 aromatic rings. The first-order valence-electron chi connectivity index (χ1n) is 5.76. The summed E-state index contributed by atoms with van der Waals surface area (Å²) < 4.78 is 1.59. The van der Waals surface area contributed by atoms with Crippen LogP contribution in [0.2, 0.25) is 0 Å². The third-order valence-corrected chi connectivity index (χ3v) is 2.88. The van der Waals surface area contributed by atoms with Crippen molar-refractivity contribution in [1.29, 1.82) is 0 Å². The van der Waals surface area contributed by atoms with Crippen LogP contribution >= 0.6 is 0 Å². The van der Waals surface area contributed by atoms with Gasteiger partial charge in [-0.05, 0) is 5.92 Å². The van der Waals surface area contributed by atoms with E-state index in [4.69, 9.17) is 0 Å². The van der Waals surface area contributed by atoms with Crippen LogP contribution in [-0.4, -0.2) is 4.57 Å². The molecule has 0 saturated heterocycles. The summed E-state index contributed by atoms with van der Waals surface area (Å²) in [5, 5.41) is 0. The molecule has 18 heavy (non-hydrogen) atoms. The van der Waals surface area contributed by atoms with Crippen LogP contribution in [0.3, 0.4) is 0 Å². The average Bonchev–Trinajstić information content (AvgIpc) is 2.33. The van der Waals surface area contributed by atoms with E-state index in [1.807, 2.05) is 18.3 Å². The van der Waals surface area contributed by atoms with Crippen molar-refractivity contribution in [1.82, 2.24) is 4.57 Å². The Morgan fingerprint density at radius 1 is 1.11 bits per heavy atom. The Hall–Kier alpha value is -0.726. The summed E-state index contributed by atoms with van der Waals surface area (Å²) >= 11 is 0. The van der Waals surface area contributed by atoms with Crippen LogP contribution in [0.25, 0.3) is 11.1 Å². The Balaban J connectivity index is 0.00000162. The van der Waals surface area contributed by atoms with Crippen LogP contribution in [-0.2, 0) is 39.8 Å². The predicted octanol–water partition coefficient (Wildman–Crippen LogP) is 2.97. The van der Waals surface area contributed by atoms with E-state index in [0.29, 0.717) is 5.92 Å². The molecule has 2 nitrogen and oxygen atoms in total. The molecule has 0 unspecified atom stereocenters. The molecule has 1 heterocycles. The number of hydrogen-bond acceptors (Lipinski definition) is 1. The molecule has 1 aromatic carbocycles. The second kappa shape index (κ2) is 6.44. The van der Waals surface area contributed by atoms with E-state index in [1.54, 1.807) is 17.7 Å². The molecular weight excluding hydrogens is 299 g/mol. The number of rotatable bonds is 2. The summed E-state index contributed by atoms with van der Waals surface area (Å²) in [6.07, 6.45) is 1.85. The van der Waals surface area contributed by atoms with Gasteiger partial charge in [-0.1, -0.05) is 25.5 Å². The largest absolute Gasteiger partial charge is 0.319 e. The molecule has 1 radical (unpaired) electrons. The molecule has 0 spiro atoms. The summed E-state index contributed by atoms with van der Waals surface area (Å²) in [6, 6.07) is 12.9. The van der Waals surface area contributed by atoms with Crippen molar-refractivity contribution in [3.05, 3.63) is 58.5 Å². The maximum atomic E-state index is 11.3. The van der Waals surface area contributed by atoms with Gasteiger partial charge in [0.1, 0.15) is 0 Å². The molecule has 0 atom stereocenters. The van der Waals surface area contributed by atoms with E-state index < -0.39 is 0 Å². The van der Waals surface area contributed by atoms with Crippen molar-refractivity contribution in [3.8, 4) is 11.1 Å². The molecule has 0 bridgehead atoms. The predicted molar refractivity (Wildman–Crippen MR) is 70.0 cm³/mol. The quantitative estimate of drug-likeness (QED) is 0.781. The Kier molecular flexibility index (Phi) is 5.49. The first kappa shape index (κ1) is 15.3. The van der Waals surface area contributed by atoms with Gasteiger partial charge in [0, 0.05) is 52.0 Å². The number of aryl methyl sites for hydroxylation is 1. The van der Waals surface area contributed by atoms with Crippen molar-refractivity contribution >= 4 is 0 Å². The van der Waals surface area contributed by atoms with Crippen LogP contribution in [0.4, 0.5) is 0 Å². The number of hydrogen-bond donors (Lipinski definition) is 0. The molecule has 3 heteroatoms. The van der Waals surface area contributed by atoms with Crippen LogP contribution in [0.1, 0.15) is 25.3 Å². The van der Waals surface area contributed by atoms with E-state index in [2.05, 4.69) is 32.0 Å². The van der Waals surface area contributed by atoms with E-state index in [-0.39, 0.29) is 38.3 Å². The van der Waals surface area contributed by atoms with Crippen LogP contribution in [0, 0.1) is 6.07 Å². The minimum atomic E-state index is 0. The molecular formula is C15H16NOY-. The van der Waals surface area contributed by atoms with Crippen LogP contribution in [0.5, 0.6) is 0 Å². The average molecular weight is 315 g/mol. The van der Waals surface area contributed by atoms with Crippen molar-refractivity contribution < 1.29 is 32.7 Å². The topological polar surface area (TPSA) is 22.0 Å². The minimum Gasteiger partial charge on any atom is -0.319 e. The molecule has 0 fully saturated rings. The van der Waals surface area contributed by atoms with Gasteiger partial charge in [0.2, 0.25) is 5.56 Å². The summed E-state index contributed by atoms with van der Waals surface area (Å²) in [7, 11) is 1.76. The van der Waals surface area contributed by atoms with Gasteiger partial charge in [-0.2, -0.15) is 29.8 Å². The van der Waals surface area contributed by atoms with Crippen molar-refractivity contribution in [2.24, 2.45) is 7.05 Å². The van der Waals surface area contributed by atoms with Crippen LogP contribution in [0.15, 0.2) is 41.3 Å².